The molecule has 0 bridgehead atoms. The second kappa shape index (κ2) is 5.01. The molecule has 17 heavy (non-hydrogen) atoms. The van der Waals surface area contributed by atoms with E-state index in [0.29, 0.717) is 30.1 Å². The molecule has 0 amide bonds. The van der Waals surface area contributed by atoms with Crippen molar-refractivity contribution >= 4 is 16.8 Å². The van der Waals surface area contributed by atoms with Gasteiger partial charge in [0.2, 0.25) is 0 Å². The Morgan fingerprint density at radius 1 is 1.47 bits per heavy atom. The molecule has 2 rings (SSSR count). The van der Waals surface area contributed by atoms with Gasteiger partial charge in [0, 0.05) is 20.0 Å². The van der Waals surface area contributed by atoms with E-state index in [4.69, 9.17) is 14.3 Å². The van der Waals surface area contributed by atoms with Crippen LogP contribution in [0.4, 0.5) is 0 Å². The van der Waals surface area contributed by atoms with Gasteiger partial charge in [-0.05, 0) is 18.2 Å². The van der Waals surface area contributed by atoms with Crippen LogP contribution < -0.4 is 4.74 Å². The van der Waals surface area contributed by atoms with Crippen molar-refractivity contribution in [2.75, 3.05) is 13.2 Å². The van der Waals surface area contributed by atoms with Crippen LogP contribution in [0.2, 0.25) is 0 Å². The van der Waals surface area contributed by atoms with E-state index in [9.17, 15) is 4.79 Å². The zero-order chi connectivity index (χ0) is 12.3. The molecule has 0 atom stereocenters. The van der Waals surface area contributed by atoms with Gasteiger partial charge in [-0.15, -0.1) is 0 Å². The molecule has 90 valence electrons. The van der Waals surface area contributed by atoms with Crippen LogP contribution in [0.1, 0.15) is 23.9 Å². The highest BCUT2D eigenvalue weighted by Crippen LogP contribution is 2.28. The summed E-state index contributed by atoms with van der Waals surface area (Å²) in [6.45, 7) is 2.00. The van der Waals surface area contributed by atoms with Crippen molar-refractivity contribution in [3.8, 4) is 5.75 Å². The van der Waals surface area contributed by atoms with Gasteiger partial charge >= 0.3 is 0 Å². The van der Waals surface area contributed by atoms with E-state index in [1.807, 2.05) is 12.1 Å². The predicted octanol–water partition coefficient (Wildman–Crippen LogP) is 2.40. The molecule has 0 unspecified atom stereocenters. The van der Waals surface area contributed by atoms with E-state index in [1.54, 1.807) is 12.1 Å². The smallest absolute Gasteiger partial charge is 0.194 e. The Morgan fingerprint density at radius 3 is 3.00 bits per heavy atom. The standard InChI is InChI=1S/C13H14O4/c1-9(15)13-8-10-11(16-7-3-6-14)4-2-5-12(10)17-13/h2,4-5,8,14H,3,6-7H2,1H3. The van der Waals surface area contributed by atoms with Crippen molar-refractivity contribution in [1.82, 2.24) is 0 Å². The van der Waals surface area contributed by atoms with Crippen LogP contribution in [0.5, 0.6) is 5.75 Å². The molecule has 4 nitrogen and oxygen atoms in total. The number of carbonyl (C=O) groups is 1. The third-order valence-corrected chi connectivity index (χ3v) is 2.43. The number of aliphatic hydroxyl groups excluding tert-OH is 1. The first-order chi connectivity index (χ1) is 8.22. The zero-order valence-corrected chi connectivity index (χ0v) is 9.60. The molecule has 0 saturated heterocycles. The van der Waals surface area contributed by atoms with Crippen LogP contribution in [0.25, 0.3) is 11.0 Å². The zero-order valence-electron chi connectivity index (χ0n) is 9.60. The predicted molar refractivity (Wildman–Crippen MR) is 63.4 cm³/mol. The SMILES string of the molecule is CC(=O)c1cc2c(OCCCO)cccc2o1. The van der Waals surface area contributed by atoms with Crippen molar-refractivity contribution in [1.29, 1.82) is 0 Å². The molecule has 1 N–H and O–H groups in total. The number of ketones is 1. The van der Waals surface area contributed by atoms with Gasteiger partial charge in [0.25, 0.3) is 0 Å². The number of furan rings is 1. The summed E-state index contributed by atoms with van der Waals surface area (Å²) in [5.41, 5.74) is 0.636. The van der Waals surface area contributed by atoms with Gasteiger partial charge in [-0.2, -0.15) is 0 Å². The van der Waals surface area contributed by atoms with E-state index in [0.717, 1.165) is 5.39 Å². The number of aliphatic hydroxyl groups is 1. The normalized spacial score (nSPS) is 10.7. The van der Waals surface area contributed by atoms with E-state index in [1.165, 1.54) is 6.92 Å². The summed E-state index contributed by atoms with van der Waals surface area (Å²) in [5.74, 6) is 0.896. The van der Waals surface area contributed by atoms with Crippen molar-refractivity contribution in [2.24, 2.45) is 0 Å². The highest BCUT2D eigenvalue weighted by atomic mass is 16.5. The fourth-order valence-corrected chi connectivity index (χ4v) is 1.58. The highest BCUT2D eigenvalue weighted by molar-refractivity contribution is 5.97. The molecule has 0 spiro atoms. The second-order valence-electron chi connectivity index (χ2n) is 3.76. The van der Waals surface area contributed by atoms with E-state index < -0.39 is 0 Å². The number of ether oxygens (including phenoxy) is 1. The second-order valence-corrected chi connectivity index (χ2v) is 3.76. The fourth-order valence-electron chi connectivity index (χ4n) is 1.58. The maximum absolute atomic E-state index is 11.2. The largest absolute Gasteiger partial charge is 0.493 e. The summed E-state index contributed by atoms with van der Waals surface area (Å²) in [7, 11) is 0. The van der Waals surface area contributed by atoms with Crippen molar-refractivity contribution < 1.29 is 19.1 Å². The molecular formula is C13H14O4. The number of rotatable bonds is 5. The Bertz CT molecular complexity index is 527. The molecule has 0 saturated carbocycles. The minimum Gasteiger partial charge on any atom is -0.493 e. The number of Topliss-reactive ketones (excluding diaryl/α,β-unsaturated/α-hetero) is 1. The molecule has 0 aliphatic rings. The Labute approximate surface area is 98.8 Å². The van der Waals surface area contributed by atoms with Crippen LogP contribution in [-0.2, 0) is 0 Å². The Balaban J connectivity index is 2.32. The monoisotopic (exact) mass is 234 g/mol. The van der Waals surface area contributed by atoms with Crippen LogP contribution in [0.15, 0.2) is 28.7 Å². The quantitative estimate of drug-likeness (QED) is 0.637. The summed E-state index contributed by atoms with van der Waals surface area (Å²) in [6, 6.07) is 7.11. The molecule has 1 heterocycles. The van der Waals surface area contributed by atoms with Gasteiger partial charge in [-0.3, -0.25) is 4.79 Å². The minimum absolute atomic E-state index is 0.0973. The maximum Gasteiger partial charge on any atom is 0.194 e. The molecule has 0 aliphatic carbocycles. The lowest BCUT2D eigenvalue weighted by Gasteiger charge is -2.05. The maximum atomic E-state index is 11.2. The van der Waals surface area contributed by atoms with E-state index in [-0.39, 0.29) is 12.4 Å². The molecule has 0 fully saturated rings. The third-order valence-electron chi connectivity index (χ3n) is 2.43. The Kier molecular flexibility index (Phi) is 3.44. The molecule has 1 aromatic carbocycles. The van der Waals surface area contributed by atoms with Gasteiger partial charge in [0.1, 0.15) is 11.3 Å². The number of fused-ring (bicyclic) bond motifs is 1. The number of benzene rings is 1. The van der Waals surface area contributed by atoms with Crippen LogP contribution >= 0.6 is 0 Å². The fraction of sp³-hybridized carbons (Fsp3) is 0.308. The molecule has 0 radical (unpaired) electrons. The molecule has 4 heteroatoms. The lowest BCUT2D eigenvalue weighted by Crippen LogP contribution is -1.99. The lowest BCUT2D eigenvalue weighted by atomic mass is 10.2. The summed E-state index contributed by atoms with van der Waals surface area (Å²) in [4.78, 5) is 11.2. The Hall–Kier alpha value is -1.81. The first-order valence-electron chi connectivity index (χ1n) is 5.49. The lowest BCUT2D eigenvalue weighted by molar-refractivity contribution is 0.0989. The highest BCUT2D eigenvalue weighted by Gasteiger charge is 2.11. The average Bonchev–Trinajstić information content (AvgIpc) is 2.74. The number of carbonyl (C=O) groups excluding carboxylic acids is 1. The molecule has 1 aromatic heterocycles. The van der Waals surface area contributed by atoms with E-state index >= 15 is 0 Å². The first-order valence-corrected chi connectivity index (χ1v) is 5.49. The number of hydrogen-bond acceptors (Lipinski definition) is 4. The summed E-state index contributed by atoms with van der Waals surface area (Å²) < 4.78 is 10.9. The van der Waals surface area contributed by atoms with Crippen molar-refractivity contribution in [3.05, 3.63) is 30.0 Å². The molecule has 2 aromatic rings. The van der Waals surface area contributed by atoms with Gasteiger partial charge in [0.15, 0.2) is 11.5 Å². The van der Waals surface area contributed by atoms with Gasteiger partial charge < -0.3 is 14.3 Å². The average molecular weight is 234 g/mol. The van der Waals surface area contributed by atoms with Crippen molar-refractivity contribution in [3.63, 3.8) is 0 Å². The van der Waals surface area contributed by atoms with E-state index in [2.05, 4.69) is 0 Å². The summed E-state index contributed by atoms with van der Waals surface area (Å²) in [5, 5.41) is 9.48. The first kappa shape index (κ1) is 11.7. The molecule has 0 aliphatic heterocycles. The van der Waals surface area contributed by atoms with Crippen LogP contribution in [0, 0.1) is 0 Å². The Morgan fingerprint density at radius 2 is 2.29 bits per heavy atom. The van der Waals surface area contributed by atoms with Gasteiger partial charge in [-0.1, -0.05) is 6.07 Å². The minimum atomic E-state index is -0.109. The van der Waals surface area contributed by atoms with Gasteiger partial charge in [-0.25, -0.2) is 0 Å². The van der Waals surface area contributed by atoms with Crippen LogP contribution in [-0.4, -0.2) is 24.1 Å². The van der Waals surface area contributed by atoms with Crippen LogP contribution in [0.3, 0.4) is 0 Å². The molecular weight excluding hydrogens is 220 g/mol. The third kappa shape index (κ3) is 2.47. The number of hydrogen-bond donors (Lipinski definition) is 1. The summed E-state index contributed by atoms with van der Waals surface area (Å²) >= 11 is 0. The van der Waals surface area contributed by atoms with Gasteiger partial charge in [0.05, 0.1) is 12.0 Å². The van der Waals surface area contributed by atoms with Crippen molar-refractivity contribution in [2.45, 2.75) is 13.3 Å². The topological polar surface area (TPSA) is 59.7 Å². The summed E-state index contributed by atoms with van der Waals surface area (Å²) in [6.07, 6.45) is 0.577.